The molecule has 0 spiro atoms. The standard InChI is InChI=1S/C9H7F3O2/c10-9(11,12)6-2-1-3-7-8(6)14-5-4-13-7/h1-3H,4-5H2. The fourth-order valence-electron chi connectivity index (χ4n) is 1.30. The quantitative estimate of drug-likeness (QED) is 0.646. The van der Waals surface area contributed by atoms with Crippen LogP contribution in [0, 0.1) is 0 Å². The Bertz CT molecular complexity index is 346. The molecule has 2 nitrogen and oxygen atoms in total. The second-order valence-electron chi connectivity index (χ2n) is 2.83. The van der Waals surface area contributed by atoms with Crippen molar-refractivity contribution < 1.29 is 22.6 Å². The number of benzene rings is 1. The highest BCUT2D eigenvalue weighted by atomic mass is 19.4. The monoisotopic (exact) mass is 204 g/mol. The van der Waals surface area contributed by atoms with Gasteiger partial charge in [0.1, 0.15) is 18.8 Å². The van der Waals surface area contributed by atoms with E-state index in [-0.39, 0.29) is 24.7 Å². The largest absolute Gasteiger partial charge is 0.486 e. The van der Waals surface area contributed by atoms with Crippen LogP contribution in [0.2, 0.25) is 0 Å². The highest BCUT2D eigenvalue weighted by Gasteiger charge is 2.36. The molecule has 5 heteroatoms. The van der Waals surface area contributed by atoms with Crippen LogP contribution < -0.4 is 9.47 Å². The third-order valence-electron chi connectivity index (χ3n) is 1.87. The lowest BCUT2D eigenvalue weighted by Crippen LogP contribution is -2.19. The van der Waals surface area contributed by atoms with Crippen molar-refractivity contribution in [1.29, 1.82) is 0 Å². The molecule has 0 unspecified atom stereocenters. The van der Waals surface area contributed by atoms with E-state index in [9.17, 15) is 13.2 Å². The summed E-state index contributed by atoms with van der Waals surface area (Å²) in [5, 5.41) is 0. The van der Waals surface area contributed by atoms with Crippen LogP contribution in [-0.4, -0.2) is 13.2 Å². The summed E-state index contributed by atoms with van der Waals surface area (Å²) in [7, 11) is 0. The first kappa shape index (κ1) is 9.18. The molecule has 14 heavy (non-hydrogen) atoms. The van der Waals surface area contributed by atoms with Crippen molar-refractivity contribution in [2.75, 3.05) is 13.2 Å². The third kappa shape index (κ3) is 1.49. The lowest BCUT2D eigenvalue weighted by Gasteiger charge is -2.21. The molecule has 0 bridgehead atoms. The number of hydrogen-bond donors (Lipinski definition) is 0. The number of fused-ring (bicyclic) bond motifs is 1. The highest BCUT2D eigenvalue weighted by molar-refractivity contribution is 5.48. The van der Waals surface area contributed by atoms with Gasteiger partial charge < -0.3 is 9.47 Å². The van der Waals surface area contributed by atoms with E-state index in [4.69, 9.17) is 9.47 Å². The third-order valence-corrected chi connectivity index (χ3v) is 1.87. The van der Waals surface area contributed by atoms with E-state index >= 15 is 0 Å². The van der Waals surface area contributed by atoms with Crippen LogP contribution in [0.25, 0.3) is 0 Å². The minimum absolute atomic E-state index is 0.153. The summed E-state index contributed by atoms with van der Waals surface area (Å²) in [5.74, 6) is -0.0441. The maximum atomic E-state index is 12.4. The average molecular weight is 204 g/mol. The molecule has 0 aliphatic carbocycles. The number of hydrogen-bond acceptors (Lipinski definition) is 2. The molecule has 1 aromatic rings. The SMILES string of the molecule is FC(F)(F)c1cccc2c1OCCO2. The fourth-order valence-corrected chi connectivity index (χ4v) is 1.30. The van der Waals surface area contributed by atoms with Gasteiger partial charge in [0, 0.05) is 0 Å². The van der Waals surface area contributed by atoms with Crippen LogP contribution in [0.1, 0.15) is 5.56 Å². The molecule has 76 valence electrons. The van der Waals surface area contributed by atoms with Crippen molar-refractivity contribution in [2.45, 2.75) is 6.18 Å². The summed E-state index contributed by atoms with van der Waals surface area (Å²) in [6.07, 6.45) is -4.40. The molecular formula is C9H7F3O2. The normalized spacial score (nSPS) is 15.4. The van der Waals surface area contributed by atoms with Gasteiger partial charge in [0.2, 0.25) is 0 Å². The molecule has 0 radical (unpaired) electrons. The van der Waals surface area contributed by atoms with Crippen LogP contribution in [0.5, 0.6) is 11.5 Å². The van der Waals surface area contributed by atoms with Gasteiger partial charge in [-0.15, -0.1) is 0 Å². The minimum atomic E-state index is -4.40. The Kier molecular flexibility index (Phi) is 2.02. The van der Waals surface area contributed by atoms with Crippen molar-refractivity contribution in [2.24, 2.45) is 0 Å². The van der Waals surface area contributed by atoms with E-state index in [0.717, 1.165) is 6.07 Å². The lowest BCUT2D eigenvalue weighted by molar-refractivity contribution is -0.139. The van der Waals surface area contributed by atoms with Gasteiger partial charge in [-0.25, -0.2) is 0 Å². The van der Waals surface area contributed by atoms with Crippen molar-refractivity contribution in [1.82, 2.24) is 0 Å². The molecule has 0 saturated carbocycles. The van der Waals surface area contributed by atoms with E-state index in [1.165, 1.54) is 12.1 Å². The number of rotatable bonds is 0. The average Bonchev–Trinajstić information content (AvgIpc) is 2.15. The zero-order valence-electron chi connectivity index (χ0n) is 7.10. The number of para-hydroxylation sites is 1. The van der Waals surface area contributed by atoms with Crippen LogP contribution >= 0.6 is 0 Å². The summed E-state index contributed by atoms with van der Waals surface area (Å²) in [4.78, 5) is 0. The number of halogens is 3. The second kappa shape index (κ2) is 3.08. The maximum absolute atomic E-state index is 12.4. The summed E-state index contributed by atoms with van der Waals surface area (Å²) >= 11 is 0. The summed E-state index contributed by atoms with van der Waals surface area (Å²) < 4.78 is 47.3. The maximum Gasteiger partial charge on any atom is 0.420 e. The van der Waals surface area contributed by atoms with E-state index in [0.29, 0.717) is 0 Å². The molecule has 1 aromatic carbocycles. The van der Waals surface area contributed by atoms with Crippen LogP contribution in [0.4, 0.5) is 13.2 Å². The molecule has 0 fully saturated rings. The van der Waals surface area contributed by atoms with Gasteiger partial charge in [0.15, 0.2) is 11.5 Å². The minimum Gasteiger partial charge on any atom is -0.486 e. The van der Waals surface area contributed by atoms with E-state index in [2.05, 4.69) is 0 Å². The first-order valence-electron chi connectivity index (χ1n) is 4.05. The Hall–Kier alpha value is -1.39. The predicted octanol–water partition coefficient (Wildman–Crippen LogP) is 2.48. The van der Waals surface area contributed by atoms with Crippen molar-refractivity contribution in [3.63, 3.8) is 0 Å². The molecule has 1 aliphatic heterocycles. The number of ether oxygens (including phenoxy) is 2. The van der Waals surface area contributed by atoms with Gasteiger partial charge >= 0.3 is 6.18 Å². The Morgan fingerprint density at radius 1 is 1.07 bits per heavy atom. The van der Waals surface area contributed by atoms with Crippen molar-refractivity contribution in [3.05, 3.63) is 23.8 Å². The van der Waals surface area contributed by atoms with Crippen LogP contribution in [0.3, 0.4) is 0 Å². The first-order valence-corrected chi connectivity index (χ1v) is 4.05. The Labute approximate surface area is 78.2 Å². The topological polar surface area (TPSA) is 18.5 Å². The lowest BCUT2D eigenvalue weighted by atomic mass is 10.1. The Balaban J connectivity index is 2.51. The molecule has 0 atom stereocenters. The van der Waals surface area contributed by atoms with Gasteiger partial charge in [0.05, 0.1) is 0 Å². The molecule has 0 amide bonds. The van der Waals surface area contributed by atoms with Crippen LogP contribution in [0.15, 0.2) is 18.2 Å². The molecule has 1 aliphatic rings. The smallest absolute Gasteiger partial charge is 0.420 e. The highest BCUT2D eigenvalue weighted by Crippen LogP contribution is 2.42. The van der Waals surface area contributed by atoms with Gasteiger partial charge in [-0.3, -0.25) is 0 Å². The van der Waals surface area contributed by atoms with Gasteiger partial charge in [0.25, 0.3) is 0 Å². The molecule has 0 saturated heterocycles. The second-order valence-corrected chi connectivity index (χ2v) is 2.83. The Morgan fingerprint density at radius 2 is 1.79 bits per heavy atom. The van der Waals surface area contributed by atoms with Gasteiger partial charge in [-0.2, -0.15) is 13.2 Å². The zero-order chi connectivity index (χ0) is 10.2. The molecule has 0 aromatic heterocycles. The molecule has 0 N–H and O–H groups in total. The summed E-state index contributed by atoms with van der Waals surface area (Å²) in [6.45, 7) is 0.439. The summed E-state index contributed by atoms with van der Waals surface area (Å²) in [6, 6.07) is 3.74. The number of alkyl halides is 3. The van der Waals surface area contributed by atoms with E-state index in [1.807, 2.05) is 0 Å². The molecular weight excluding hydrogens is 197 g/mol. The van der Waals surface area contributed by atoms with E-state index in [1.54, 1.807) is 0 Å². The van der Waals surface area contributed by atoms with Gasteiger partial charge in [-0.05, 0) is 12.1 Å². The van der Waals surface area contributed by atoms with Gasteiger partial charge in [-0.1, -0.05) is 6.07 Å². The Morgan fingerprint density at radius 3 is 2.50 bits per heavy atom. The van der Waals surface area contributed by atoms with E-state index < -0.39 is 11.7 Å². The first-order chi connectivity index (χ1) is 6.59. The molecule has 2 rings (SSSR count). The van der Waals surface area contributed by atoms with Crippen molar-refractivity contribution in [3.8, 4) is 11.5 Å². The predicted molar refractivity (Wildman–Crippen MR) is 42.4 cm³/mol. The summed E-state index contributed by atoms with van der Waals surface area (Å²) in [5.41, 5.74) is -0.783. The zero-order valence-corrected chi connectivity index (χ0v) is 7.10. The molecule has 1 heterocycles. The van der Waals surface area contributed by atoms with Crippen molar-refractivity contribution >= 4 is 0 Å². The van der Waals surface area contributed by atoms with Crippen LogP contribution in [-0.2, 0) is 6.18 Å². The fraction of sp³-hybridized carbons (Fsp3) is 0.333.